The fourth-order valence-electron chi connectivity index (χ4n) is 3.05. The molecule has 1 aliphatic carbocycles. The molecule has 0 unspecified atom stereocenters. The Bertz CT molecular complexity index is 768. The van der Waals surface area contributed by atoms with E-state index in [-0.39, 0.29) is 0 Å². The Kier molecular flexibility index (Phi) is 3.11. The van der Waals surface area contributed by atoms with E-state index in [1.54, 1.807) is 7.11 Å². The van der Waals surface area contributed by atoms with Gasteiger partial charge in [-0.2, -0.15) is 0 Å². The number of methoxy groups -OCH3 is 1. The van der Waals surface area contributed by atoms with Gasteiger partial charge in [-0.25, -0.2) is 9.97 Å². The predicted molar refractivity (Wildman–Crippen MR) is 87.6 cm³/mol. The first-order valence-corrected chi connectivity index (χ1v) is 7.58. The van der Waals surface area contributed by atoms with E-state index in [0.29, 0.717) is 12.1 Å². The fraction of sp³-hybridized carbons (Fsp3) is 0.375. The Labute approximate surface area is 128 Å². The summed E-state index contributed by atoms with van der Waals surface area (Å²) in [7, 11) is 1.78. The van der Waals surface area contributed by atoms with Crippen LogP contribution in [0.25, 0.3) is 16.9 Å². The van der Waals surface area contributed by atoms with Crippen LogP contribution >= 0.6 is 0 Å². The van der Waals surface area contributed by atoms with Crippen LogP contribution in [0.4, 0.5) is 11.8 Å². The summed E-state index contributed by atoms with van der Waals surface area (Å²) in [6.45, 7) is 1.92. The molecule has 1 fully saturated rings. The second-order valence-corrected chi connectivity index (χ2v) is 5.69. The normalized spacial score (nSPS) is 18.6. The number of piperidine rings is 1. The number of nitrogen functional groups attached to an aromatic ring is 1. The van der Waals surface area contributed by atoms with Crippen LogP contribution in [0.3, 0.4) is 0 Å². The van der Waals surface area contributed by atoms with Crippen LogP contribution in [-0.2, 0) is 4.74 Å². The van der Waals surface area contributed by atoms with Gasteiger partial charge in [0.1, 0.15) is 11.3 Å². The van der Waals surface area contributed by atoms with Crippen molar-refractivity contribution in [2.45, 2.75) is 18.9 Å². The van der Waals surface area contributed by atoms with Crippen LogP contribution in [-0.4, -0.2) is 40.8 Å². The van der Waals surface area contributed by atoms with E-state index in [9.17, 15) is 0 Å². The molecule has 0 radical (unpaired) electrons. The van der Waals surface area contributed by atoms with Gasteiger partial charge in [0, 0.05) is 20.2 Å². The average molecular weight is 297 g/mol. The van der Waals surface area contributed by atoms with Crippen LogP contribution in [0.2, 0.25) is 0 Å². The minimum Gasteiger partial charge on any atom is -0.381 e. The predicted octanol–water partition coefficient (Wildman–Crippen LogP) is 2.04. The zero-order chi connectivity index (χ0) is 15.1. The van der Waals surface area contributed by atoms with Gasteiger partial charge >= 0.3 is 0 Å². The first-order valence-electron chi connectivity index (χ1n) is 7.58. The second kappa shape index (κ2) is 5.14. The molecule has 0 aromatic carbocycles. The number of allylic oxidation sites excluding steroid dienone is 4. The summed E-state index contributed by atoms with van der Waals surface area (Å²) >= 11 is 0. The molecule has 22 heavy (non-hydrogen) atoms. The Morgan fingerprint density at radius 1 is 1.23 bits per heavy atom. The molecule has 6 nitrogen and oxygen atoms in total. The Morgan fingerprint density at radius 2 is 2.00 bits per heavy atom. The summed E-state index contributed by atoms with van der Waals surface area (Å²) < 4.78 is 7.33. The lowest BCUT2D eigenvalue weighted by atomic mass is 10.1. The second-order valence-electron chi connectivity index (χ2n) is 5.69. The summed E-state index contributed by atoms with van der Waals surface area (Å²) in [4.78, 5) is 11.5. The minimum atomic E-state index is 0.367. The van der Waals surface area contributed by atoms with Crippen molar-refractivity contribution < 1.29 is 4.74 Å². The van der Waals surface area contributed by atoms with Gasteiger partial charge in [0.25, 0.3) is 0 Å². The maximum Gasteiger partial charge on any atom is 0.207 e. The lowest BCUT2D eigenvalue weighted by Crippen LogP contribution is -2.37. The topological polar surface area (TPSA) is 69.2 Å². The molecule has 4 rings (SSSR count). The molecular weight excluding hydrogens is 278 g/mol. The number of imidazole rings is 1. The highest BCUT2D eigenvalue weighted by Gasteiger charge is 2.21. The minimum absolute atomic E-state index is 0.367. The molecule has 2 aromatic rings. The Balaban J connectivity index is 1.68. The zero-order valence-electron chi connectivity index (χ0n) is 12.6. The summed E-state index contributed by atoms with van der Waals surface area (Å²) in [5, 5.41) is 0. The number of fused-ring (bicyclic) bond motifs is 1. The Hall–Kier alpha value is -2.34. The quantitative estimate of drug-likeness (QED) is 0.939. The van der Waals surface area contributed by atoms with Crippen molar-refractivity contribution in [3.05, 3.63) is 30.4 Å². The number of ether oxygens (including phenoxy) is 1. The first-order chi connectivity index (χ1) is 10.8. The van der Waals surface area contributed by atoms with Crippen LogP contribution in [0.1, 0.15) is 12.8 Å². The number of anilines is 2. The van der Waals surface area contributed by atoms with Crippen molar-refractivity contribution in [3.63, 3.8) is 0 Å². The Morgan fingerprint density at radius 3 is 2.64 bits per heavy atom. The average Bonchev–Trinajstić information content (AvgIpc) is 2.82. The lowest BCUT2D eigenvalue weighted by Gasteiger charge is -2.32. The van der Waals surface area contributed by atoms with E-state index in [4.69, 9.17) is 15.5 Å². The number of hydrogen-bond acceptors (Lipinski definition) is 5. The lowest BCUT2D eigenvalue weighted by molar-refractivity contribution is 0.0818. The van der Waals surface area contributed by atoms with Crippen LogP contribution in [0.5, 0.6) is 0 Å². The zero-order valence-corrected chi connectivity index (χ0v) is 12.6. The number of rotatable bonds is 3. The van der Waals surface area contributed by atoms with Gasteiger partial charge in [-0.3, -0.25) is 4.57 Å². The van der Waals surface area contributed by atoms with Gasteiger partial charge in [0.05, 0.1) is 11.8 Å². The molecule has 6 heteroatoms. The molecule has 2 aromatic heterocycles. The molecule has 0 amide bonds. The van der Waals surface area contributed by atoms with Crippen LogP contribution in [0, 0.1) is 0 Å². The van der Waals surface area contributed by atoms with Crippen LogP contribution in [0.15, 0.2) is 30.4 Å². The monoisotopic (exact) mass is 297 g/mol. The van der Waals surface area contributed by atoms with E-state index in [2.05, 4.69) is 9.88 Å². The van der Waals surface area contributed by atoms with Gasteiger partial charge in [-0.05, 0) is 37.1 Å². The van der Waals surface area contributed by atoms with Crippen molar-refractivity contribution >= 4 is 28.6 Å². The number of nitrogens with two attached hydrogens (primary N) is 1. The highest BCUT2D eigenvalue weighted by molar-refractivity contribution is 5.84. The maximum atomic E-state index is 6.04. The molecule has 1 saturated heterocycles. The van der Waals surface area contributed by atoms with Crippen molar-refractivity contribution in [2.75, 3.05) is 30.8 Å². The fourth-order valence-corrected chi connectivity index (χ4v) is 3.05. The van der Waals surface area contributed by atoms with E-state index < -0.39 is 0 Å². The van der Waals surface area contributed by atoms with Gasteiger partial charge in [0.15, 0.2) is 5.65 Å². The number of aromatic nitrogens is 3. The van der Waals surface area contributed by atoms with Crippen molar-refractivity contribution in [3.8, 4) is 0 Å². The van der Waals surface area contributed by atoms with Gasteiger partial charge in [0.2, 0.25) is 5.95 Å². The summed E-state index contributed by atoms with van der Waals surface area (Å²) in [5.74, 6) is 1.46. The molecule has 114 valence electrons. The molecule has 3 heterocycles. The third-order valence-electron chi connectivity index (χ3n) is 4.41. The van der Waals surface area contributed by atoms with E-state index in [1.165, 1.54) is 0 Å². The van der Waals surface area contributed by atoms with Crippen molar-refractivity contribution in [1.29, 1.82) is 0 Å². The molecule has 2 N–H and O–H groups in total. The highest BCUT2D eigenvalue weighted by Crippen LogP contribution is 2.27. The molecule has 0 bridgehead atoms. The van der Waals surface area contributed by atoms with E-state index >= 15 is 0 Å². The molecule has 0 saturated carbocycles. The number of nitrogens with zero attached hydrogens (tertiary/aromatic N) is 4. The number of hydrogen-bond donors (Lipinski definition) is 1. The summed E-state index contributed by atoms with van der Waals surface area (Å²) in [5.41, 5.74) is 8.71. The molecule has 0 spiro atoms. The smallest absolute Gasteiger partial charge is 0.207 e. The standard InChI is InChI=1S/C16H19N5O/c1-22-12-7-9-20(10-8-12)14-6-5-13-15(19-14)21(16(17)18-13)11-3-2-4-11/h2-6,12H,7-10H2,1H3,(H2,17,18). The maximum absolute atomic E-state index is 6.04. The third kappa shape index (κ3) is 2.07. The van der Waals surface area contributed by atoms with Gasteiger partial charge < -0.3 is 15.4 Å². The van der Waals surface area contributed by atoms with Crippen LogP contribution < -0.4 is 10.6 Å². The third-order valence-corrected chi connectivity index (χ3v) is 4.41. The van der Waals surface area contributed by atoms with Gasteiger partial charge in [-0.1, -0.05) is 6.08 Å². The summed E-state index contributed by atoms with van der Waals surface area (Å²) in [6.07, 6.45) is 8.44. The SMILES string of the molecule is COC1CCN(c2ccc3nc(N)n(C4=CC=C4)c3n2)CC1. The highest BCUT2D eigenvalue weighted by atomic mass is 16.5. The van der Waals surface area contributed by atoms with E-state index in [0.717, 1.165) is 48.6 Å². The number of pyridine rings is 1. The molecule has 0 atom stereocenters. The van der Waals surface area contributed by atoms with Gasteiger partial charge in [-0.15, -0.1) is 0 Å². The first kappa shape index (κ1) is 13.3. The molecule has 2 aliphatic rings. The molecular formula is C16H19N5O. The van der Waals surface area contributed by atoms with Crippen molar-refractivity contribution in [2.24, 2.45) is 0 Å². The largest absolute Gasteiger partial charge is 0.381 e. The molecule has 1 aliphatic heterocycles. The summed E-state index contributed by atoms with van der Waals surface area (Å²) in [6, 6.07) is 4.02. The van der Waals surface area contributed by atoms with Crippen molar-refractivity contribution in [1.82, 2.24) is 14.5 Å². The van der Waals surface area contributed by atoms with E-state index in [1.807, 2.05) is 34.9 Å².